The Morgan fingerprint density at radius 2 is 1.62 bits per heavy atom. The topological polar surface area (TPSA) is 83.5 Å². The number of carboxylic acid groups (broad SMARTS) is 1. The molecule has 0 heterocycles. The molecule has 0 spiro atoms. The normalized spacial score (nSPS) is 11.3. The zero-order valence-electron chi connectivity index (χ0n) is 11.4. The number of benzene rings is 2. The van der Waals surface area contributed by atoms with Gasteiger partial charge in [0.2, 0.25) is 10.0 Å². The van der Waals surface area contributed by atoms with Crippen LogP contribution in [-0.4, -0.2) is 19.5 Å². The second-order valence-electron chi connectivity index (χ2n) is 4.64. The molecule has 2 N–H and O–H groups in total. The first kappa shape index (κ1) is 15.2. The monoisotopic (exact) mass is 305 g/mol. The van der Waals surface area contributed by atoms with Crippen LogP contribution in [0, 0.1) is 6.92 Å². The van der Waals surface area contributed by atoms with Gasteiger partial charge in [-0.1, -0.05) is 29.8 Å². The minimum absolute atomic E-state index is 0.0413. The lowest BCUT2D eigenvalue weighted by molar-refractivity contribution is 0.0696. The van der Waals surface area contributed by atoms with Crippen molar-refractivity contribution in [3.8, 4) is 0 Å². The number of aromatic carboxylic acids is 1. The highest BCUT2D eigenvalue weighted by atomic mass is 32.2. The van der Waals surface area contributed by atoms with Gasteiger partial charge in [-0.2, -0.15) is 0 Å². The molecule has 0 aliphatic rings. The van der Waals surface area contributed by atoms with E-state index in [1.54, 1.807) is 0 Å². The van der Waals surface area contributed by atoms with E-state index < -0.39 is 16.0 Å². The molecule has 6 heteroatoms. The number of nitrogens with one attached hydrogen (secondary N) is 1. The van der Waals surface area contributed by atoms with Crippen LogP contribution in [-0.2, 0) is 16.6 Å². The third kappa shape index (κ3) is 3.90. The van der Waals surface area contributed by atoms with E-state index in [1.807, 2.05) is 31.2 Å². The lowest BCUT2D eigenvalue weighted by Gasteiger charge is -2.07. The second-order valence-corrected chi connectivity index (χ2v) is 6.41. The van der Waals surface area contributed by atoms with Gasteiger partial charge in [-0.15, -0.1) is 0 Å². The van der Waals surface area contributed by atoms with Crippen LogP contribution < -0.4 is 4.72 Å². The average molecular weight is 305 g/mol. The van der Waals surface area contributed by atoms with Crippen LogP contribution in [0.25, 0.3) is 0 Å². The number of sulfonamides is 1. The maximum absolute atomic E-state index is 12.1. The Balaban J connectivity index is 2.11. The fraction of sp³-hybridized carbons (Fsp3) is 0.133. The molecule has 2 aromatic carbocycles. The standard InChI is InChI=1S/C15H15NO4S/c1-11-2-4-12(5-3-11)10-16-21(19,20)14-8-6-13(7-9-14)15(17)18/h2-9,16H,10H2,1H3,(H,17,18). The Morgan fingerprint density at radius 3 is 2.14 bits per heavy atom. The van der Waals surface area contributed by atoms with Gasteiger partial charge in [-0.25, -0.2) is 17.9 Å². The van der Waals surface area contributed by atoms with Gasteiger partial charge in [0.25, 0.3) is 0 Å². The summed E-state index contributed by atoms with van der Waals surface area (Å²) in [6.45, 7) is 2.14. The van der Waals surface area contributed by atoms with Crippen molar-refractivity contribution in [2.75, 3.05) is 0 Å². The Bertz CT molecular complexity index is 734. The summed E-state index contributed by atoms with van der Waals surface area (Å²) in [5, 5.41) is 8.79. The van der Waals surface area contributed by atoms with Crippen molar-refractivity contribution in [1.82, 2.24) is 4.72 Å². The van der Waals surface area contributed by atoms with Gasteiger partial charge in [-0.05, 0) is 36.8 Å². The minimum atomic E-state index is -3.65. The first-order valence-corrected chi connectivity index (χ1v) is 7.75. The molecular weight excluding hydrogens is 290 g/mol. The fourth-order valence-corrected chi connectivity index (χ4v) is 2.76. The van der Waals surface area contributed by atoms with Crippen molar-refractivity contribution in [3.05, 3.63) is 65.2 Å². The molecule has 5 nitrogen and oxygen atoms in total. The summed E-state index contributed by atoms with van der Waals surface area (Å²) in [7, 11) is -3.65. The van der Waals surface area contributed by atoms with Gasteiger partial charge >= 0.3 is 5.97 Å². The lowest BCUT2D eigenvalue weighted by Crippen LogP contribution is -2.23. The maximum atomic E-state index is 12.1. The number of carbonyl (C=O) groups is 1. The number of rotatable bonds is 5. The van der Waals surface area contributed by atoms with E-state index in [-0.39, 0.29) is 17.0 Å². The molecule has 110 valence electrons. The molecule has 0 amide bonds. The van der Waals surface area contributed by atoms with Crippen molar-refractivity contribution in [1.29, 1.82) is 0 Å². The first-order chi connectivity index (χ1) is 9.88. The van der Waals surface area contributed by atoms with Gasteiger partial charge in [0, 0.05) is 6.54 Å². The predicted octanol–water partition coefficient (Wildman–Crippen LogP) is 2.17. The van der Waals surface area contributed by atoms with Crippen LogP contribution in [0.3, 0.4) is 0 Å². The molecule has 0 saturated carbocycles. The summed E-state index contributed by atoms with van der Waals surface area (Å²) in [6.07, 6.45) is 0. The average Bonchev–Trinajstić information content (AvgIpc) is 2.47. The van der Waals surface area contributed by atoms with Gasteiger partial charge in [0.05, 0.1) is 10.5 Å². The van der Waals surface area contributed by atoms with Gasteiger partial charge < -0.3 is 5.11 Å². The zero-order chi connectivity index (χ0) is 15.5. The molecule has 0 aliphatic carbocycles. The molecule has 2 aromatic rings. The number of hydrogen-bond donors (Lipinski definition) is 2. The van der Waals surface area contributed by atoms with Crippen molar-refractivity contribution < 1.29 is 18.3 Å². The Kier molecular flexibility index (Phi) is 4.40. The van der Waals surface area contributed by atoms with E-state index >= 15 is 0 Å². The molecule has 2 rings (SSSR count). The van der Waals surface area contributed by atoms with Crippen molar-refractivity contribution in [3.63, 3.8) is 0 Å². The highest BCUT2D eigenvalue weighted by Gasteiger charge is 2.14. The largest absolute Gasteiger partial charge is 0.478 e. The first-order valence-electron chi connectivity index (χ1n) is 6.27. The molecule has 0 saturated heterocycles. The molecule has 0 atom stereocenters. The summed E-state index contributed by atoms with van der Waals surface area (Å²) < 4.78 is 26.7. The highest BCUT2D eigenvalue weighted by Crippen LogP contribution is 2.11. The molecular formula is C15H15NO4S. The number of aryl methyl sites for hydroxylation is 1. The summed E-state index contributed by atoms with van der Waals surface area (Å²) in [5.74, 6) is -1.09. The SMILES string of the molecule is Cc1ccc(CNS(=O)(=O)c2ccc(C(=O)O)cc2)cc1. The Morgan fingerprint density at radius 1 is 1.05 bits per heavy atom. The number of hydrogen-bond acceptors (Lipinski definition) is 3. The van der Waals surface area contributed by atoms with E-state index in [2.05, 4.69) is 4.72 Å². The smallest absolute Gasteiger partial charge is 0.335 e. The van der Waals surface area contributed by atoms with E-state index in [4.69, 9.17) is 5.11 Å². The molecule has 0 aromatic heterocycles. The Labute approximate surface area is 123 Å². The van der Waals surface area contributed by atoms with Crippen LogP contribution >= 0.6 is 0 Å². The quantitative estimate of drug-likeness (QED) is 0.887. The van der Waals surface area contributed by atoms with Crippen LogP contribution in [0.15, 0.2) is 53.4 Å². The lowest BCUT2D eigenvalue weighted by atomic mass is 10.2. The van der Waals surface area contributed by atoms with E-state index in [0.29, 0.717) is 0 Å². The van der Waals surface area contributed by atoms with Crippen molar-refractivity contribution >= 4 is 16.0 Å². The maximum Gasteiger partial charge on any atom is 0.335 e. The van der Waals surface area contributed by atoms with Crippen LogP contribution in [0.2, 0.25) is 0 Å². The minimum Gasteiger partial charge on any atom is -0.478 e. The van der Waals surface area contributed by atoms with Gasteiger partial charge in [0.1, 0.15) is 0 Å². The van der Waals surface area contributed by atoms with Crippen LogP contribution in [0.5, 0.6) is 0 Å². The van der Waals surface area contributed by atoms with Gasteiger partial charge in [0.15, 0.2) is 0 Å². The fourth-order valence-electron chi connectivity index (χ4n) is 1.74. The van der Waals surface area contributed by atoms with E-state index in [0.717, 1.165) is 11.1 Å². The third-order valence-electron chi connectivity index (χ3n) is 3.00. The third-order valence-corrected chi connectivity index (χ3v) is 4.42. The summed E-state index contributed by atoms with van der Waals surface area (Å²) in [6, 6.07) is 12.6. The van der Waals surface area contributed by atoms with E-state index in [9.17, 15) is 13.2 Å². The van der Waals surface area contributed by atoms with Gasteiger partial charge in [-0.3, -0.25) is 0 Å². The number of carboxylic acids is 1. The molecule has 0 radical (unpaired) electrons. The molecule has 0 unspecified atom stereocenters. The van der Waals surface area contributed by atoms with E-state index in [1.165, 1.54) is 24.3 Å². The zero-order valence-corrected chi connectivity index (χ0v) is 12.2. The highest BCUT2D eigenvalue weighted by molar-refractivity contribution is 7.89. The molecule has 21 heavy (non-hydrogen) atoms. The van der Waals surface area contributed by atoms with Crippen LogP contribution in [0.4, 0.5) is 0 Å². The predicted molar refractivity (Wildman–Crippen MR) is 78.6 cm³/mol. The summed E-state index contributed by atoms with van der Waals surface area (Å²) in [5.41, 5.74) is 2.00. The van der Waals surface area contributed by atoms with Crippen molar-refractivity contribution in [2.24, 2.45) is 0 Å². The summed E-state index contributed by atoms with van der Waals surface area (Å²) in [4.78, 5) is 10.8. The molecule has 0 fully saturated rings. The molecule has 0 bridgehead atoms. The molecule has 0 aliphatic heterocycles. The van der Waals surface area contributed by atoms with Crippen molar-refractivity contribution in [2.45, 2.75) is 18.4 Å². The second kappa shape index (κ2) is 6.07. The van der Waals surface area contributed by atoms with Crippen LogP contribution in [0.1, 0.15) is 21.5 Å². The Hall–Kier alpha value is -2.18. The summed E-state index contributed by atoms with van der Waals surface area (Å²) >= 11 is 0.